The third kappa shape index (κ3) is 4.13. The number of amides is 2. The van der Waals surface area contributed by atoms with E-state index in [0.29, 0.717) is 5.56 Å². The Morgan fingerprint density at radius 2 is 1.81 bits per heavy atom. The summed E-state index contributed by atoms with van der Waals surface area (Å²) in [5, 5.41) is 5.39. The fourth-order valence-corrected chi connectivity index (χ4v) is 3.35. The van der Waals surface area contributed by atoms with Crippen molar-refractivity contribution in [1.29, 1.82) is 0 Å². The van der Waals surface area contributed by atoms with Crippen molar-refractivity contribution in [3.63, 3.8) is 0 Å². The summed E-state index contributed by atoms with van der Waals surface area (Å²) in [6.07, 6.45) is 0. The van der Waals surface area contributed by atoms with E-state index in [2.05, 4.69) is 28.5 Å². The Balaban J connectivity index is 1.83. The molecule has 0 saturated carbocycles. The molecule has 0 bridgehead atoms. The summed E-state index contributed by atoms with van der Waals surface area (Å²) in [5.41, 5.74) is 3.75. The van der Waals surface area contributed by atoms with Gasteiger partial charge in [-0.3, -0.25) is 14.5 Å². The fourth-order valence-electron chi connectivity index (χ4n) is 3.35. The summed E-state index contributed by atoms with van der Waals surface area (Å²) in [6.45, 7) is 7.37. The second-order valence-corrected chi connectivity index (χ2v) is 6.92. The van der Waals surface area contributed by atoms with Gasteiger partial charge in [0.15, 0.2) is 0 Å². The highest BCUT2D eigenvalue weighted by Gasteiger charge is 2.34. The average molecular weight is 420 g/mol. The molecule has 0 spiro atoms. The number of benzene rings is 2. The van der Waals surface area contributed by atoms with Crippen LogP contribution in [0.5, 0.6) is 0 Å². The molecule has 1 heterocycles. The fraction of sp³-hybridized carbons (Fsp3) is 0.174. The second-order valence-electron chi connectivity index (χ2n) is 6.92. The maximum absolute atomic E-state index is 13.0. The molecule has 1 aliphatic heterocycles. The molecular formula is C23H24N4O4. The van der Waals surface area contributed by atoms with Crippen LogP contribution in [-0.4, -0.2) is 43.9 Å². The van der Waals surface area contributed by atoms with Crippen LogP contribution >= 0.6 is 0 Å². The topological polar surface area (TPSA) is 91.0 Å². The smallest absolute Gasteiger partial charge is 0.353 e. The van der Waals surface area contributed by atoms with Gasteiger partial charge in [0, 0.05) is 42.3 Å². The minimum atomic E-state index is -0.773. The summed E-state index contributed by atoms with van der Waals surface area (Å²) in [4.78, 5) is 40.2. The number of hydrogen-bond donors (Lipinski definition) is 2. The van der Waals surface area contributed by atoms with Crippen LogP contribution in [0.2, 0.25) is 0 Å². The lowest BCUT2D eigenvalue weighted by Crippen LogP contribution is -2.36. The van der Waals surface area contributed by atoms with E-state index in [1.807, 2.05) is 49.3 Å². The molecule has 2 aromatic carbocycles. The van der Waals surface area contributed by atoms with Gasteiger partial charge in [-0.05, 0) is 36.4 Å². The SMILES string of the molecule is C=C(NC(=O)C(=C)N1Cc2c(cccc2N(C)c2ccc(NC)cc2)C1=O)C(=O)OC. The largest absolute Gasteiger partial charge is 0.464 e. The number of esters is 1. The van der Waals surface area contributed by atoms with Crippen LogP contribution in [0.1, 0.15) is 15.9 Å². The second kappa shape index (κ2) is 8.74. The van der Waals surface area contributed by atoms with Crippen molar-refractivity contribution in [3.05, 3.63) is 78.1 Å². The lowest BCUT2D eigenvalue weighted by Gasteiger charge is -2.23. The van der Waals surface area contributed by atoms with Gasteiger partial charge in [0.1, 0.15) is 11.4 Å². The van der Waals surface area contributed by atoms with Crippen molar-refractivity contribution in [2.24, 2.45) is 0 Å². The zero-order valence-electron chi connectivity index (χ0n) is 17.7. The van der Waals surface area contributed by atoms with Crippen molar-refractivity contribution < 1.29 is 19.1 Å². The first-order valence-electron chi connectivity index (χ1n) is 9.51. The molecule has 8 nitrogen and oxygen atoms in total. The third-order valence-electron chi connectivity index (χ3n) is 5.13. The Hall–Kier alpha value is -4.07. The molecule has 2 amide bonds. The molecule has 31 heavy (non-hydrogen) atoms. The van der Waals surface area contributed by atoms with Crippen LogP contribution in [0, 0.1) is 0 Å². The highest BCUT2D eigenvalue weighted by molar-refractivity contribution is 6.07. The van der Waals surface area contributed by atoms with Crippen LogP contribution in [-0.2, 0) is 20.9 Å². The number of anilines is 3. The van der Waals surface area contributed by atoms with E-state index in [1.54, 1.807) is 12.1 Å². The van der Waals surface area contributed by atoms with E-state index < -0.39 is 11.9 Å². The molecule has 0 aromatic heterocycles. The van der Waals surface area contributed by atoms with Gasteiger partial charge in [0.05, 0.1) is 13.7 Å². The number of fused-ring (bicyclic) bond motifs is 1. The molecule has 1 aliphatic rings. The monoisotopic (exact) mass is 420 g/mol. The number of nitrogens with one attached hydrogen (secondary N) is 2. The summed E-state index contributed by atoms with van der Waals surface area (Å²) in [6, 6.07) is 13.3. The zero-order chi connectivity index (χ0) is 22.7. The molecule has 0 atom stereocenters. The van der Waals surface area contributed by atoms with Gasteiger partial charge in [-0.2, -0.15) is 0 Å². The molecule has 3 rings (SSSR count). The van der Waals surface area contributed by atoms with E-state index in [-0.39, 0.29) is 23.8 Å². The molecule has 2 N–H and O–H groups in total. The van der Waals surface area contributed by atoms with E-state index in [4.69, 9.17) is 0 Å². The Morgan fingerprint density at radius 1 is 1.13 bits per heavy atom. The van der Waals surface area contributed by atoms with E-state index in [0.717, 1.165) is 22.6 Å². The van der Waals surface area contributed by atoms with Gasteiger partial charge in [-0.1, -0.05) is 19.2 Å². The van der Waals surface area contributed by atoms with Crippen LogP contribution in [0.3, 0.4) is 0 Å². The van der Waals surface area contributed by atoms with Crippen molar-refractivity contribution in [3.8, 4) is 0 Å². The van der Waals surface area contributed by atoms with Gasteiger partial charge in [0.25, 0.3) is 11.8 Å². The highest BCUT2D eigenvalue weighted by atomic mass is 16.5. The van der Waals surface area contributed by atoms with Crippen LogP contribution in [0.15, 0.2) is 67.0 Å². The first kappa shape index (κ1) is 21.6. The van der Waals surface area contributed by atoms with Gasteiger partial charge in [-0.15, -0.1) is 0 Å². The lowest BCUT2D eigenvalue weighted by molar-refractivity contribution is -0.137. The van der Waals surface area contributed by atoms with E-state index in [9.17, 15) is 14.4 Å². The van der Waals surface area contributed by atoms with Crippen LogP contribution in [0.25, 0.3) is 0 Å². The van der Waals surface area contributed by atoms with Gasteiger partial charge < -0.3 is 20.3 Å². The summed E-state index contributed by atoms with van der Waals surface area (Å²) >= 11 is 0. The van der Waals surface area contributed by atoms with Crippen LogP contribution in [0.4, 0.5) is 17.1 Å². The Kier molecular flexibility index (Phi) is 6.10. The number of nitrogens with zero attached hydrogens (tertiary/aromatic N) is 2. The van der Waals surface area contributed by atoms with Gasteiger partial charge >= 0.3 is 5.97 Å². The number of rotatable bonds is 7. The number of hydrogen-bond acceptors (Lipinski definition) is 6. The minimum Gasteiger partial charge on any atom is -0.464 e. The number of methoxy groups -OCH3 is 1. The minimum absolute atomic E-state index is 0.0850. The molecule has 8 heteroatoms. The first-order chi connectivity index (χ1) is 14.8. The van der Waals surface area contributed by atoms with Gasteiger partial charge in [0.2, 0.25) is 0 Å². The van der Waals surface area contributed by atoms with Crippen molar-refractivity contribution in [2.45, 2.75) is 6.54 Å². The Labute approximate surface area is 180 Å². The molecule has 0 saturated heterocycles. The molecule has 0 unspecified atom stereocenters. The molecule has 2 aromatic rings. The normalized spacial score (nSPS) is 12.1. The Bertz CT molecular complexity index is 1080. The van der Waals surface area contributed by atoms with E-state index >= 15 is 0 Å². The summed E-state index contributed by atoms with van der Waals surface area (Å²) in [5.74, 6) is -1.81. The predicted octanol–water partition coefficient (Wildman–Crippen LogP) is 2.77. The maximum Gasteiger partial charge on any atom is 0.353 e. The Morgan fingerprint density at radius 3 is 2.42 bits per heavy atom. The number of carbonyl (C=O) groups excluding carboxylic acids is 3. The highest BCUT2D eigenvalue weighted by Crippen LogP contribution is 2.36. The standard InChI is InChI=1S/C23H24N4O4/c1-14(23(30)31-5)25-21(28)15(2)27-13-19-18(22(27)29)7-6-8-20(19)26(4)17-11-9-16(24-3)10-12-17/h6-12,24H,1-2,13H2,3-5H3,(H,25,28). The third-order valence-corrected chi connectivity index (χ3v) is 5.13. The van der Waals surface area contributed by atoms with E-state index in [1.165, 1.54) is 12.0 Å². The van der Waals surface area contributed by atoms with Crippen molar-refractivity contribution in [2.75, 3.05) is 31.4 Å². The molecule has 160 valence electrons. The van der Waals surface area contributed by atoms with Crippen molar-refractivity contribution >= 4 is 34.8 Å². The first-order valence-corrected chi connectivity index (χ1v) is 9.51. The van der Waals surface area contributed by atoms with Crippen LogP contribution < -0.4 is 15.5 Å². The number of carbonyl (C=O) groups is 3. The maximum atomic E-state index is 13.0. The predicted molar refractivity (Wildman–Crippen MR) is 119 cm³/mol. The quantitative estimate of drug-likeness (QED) is 0.529. The summed E-state index contributed by atoms with van der Waals surface area (Å²) < 4.78 is 4.52. The molecule has 0 aliphatic carbocycles. The zero-order valence-corrected chi connectivity index (χ0v) is 17.7. The van der Waals surface area contributed by atoms with Gasteiger partial charge in [-0.25, -0.2) is 4.79 Å². The van der Waals surface area contributed by atoms with Crippen molar-refractivity contribution in [1.82, 2.24) is 10.2 Å². The molecule has 0 fully saturated rings. The lowest BCUT2D eigenvalue weighted by atomic mass is 10.1. The molecule has 0 radical (unpaired) electrons. The average Bonchev–Trinajstić information content (AvgIpc) is 3.13. The summed E-state index contributed by atoms with van der Waals surface area (Å²) in [7, 11) is 4.95. The molecular weight excluding hydrogens is 396 g/mol. The number of ether oxygens (including phenoxy) is 1.